The highest BCUT2D eigenvalue weighted by molar-refractivity contribution is 7.89. The van der Waals surface area contributed by atoms with Crippen molar-refractivity contribution in [3.8, 4) is 0 Å². The van der Waals surface area contributed by atoms with Crippen molar-refractivity contribution in [1.82, 2.24) is 5.43 Å². The van der Waals surface area contributed by atoms with Gasteiger partial charge in [0, 0.05) is 12.6 Å². The van der Waals surface area contributed by atoms with E-state index in [-0.39, 0.29) is 32.7 Å². The van der Waals surface area contributed by atoms with Crippen LogP contribution in [0.5, 0.6) is 0 Å². The minimum Gasteiger partial charge on any atom is -0.330 e. The maximum atomic E-state index is 13.3. The number of nitrogens with zero attached hydrogens (tertiary/aromatic N) is 2. The van der Waals surface area contributed by atoms with Crippen LogP contribution in [0.2, 0.25) is 0 Å². The second kappa shape index (κ2) is 7.66. The third kappa shape index (κ3) is 4.13. The van der Waals surface area contributed by atoms with Crippen LogP contribution in [0, 0.1) is 0 Å². The highest BCUT2D eigenvalue weighted by atomic mass is 32.2. The Labute approximate surface area is 174 Å². The van der Waals surface area contributed by atoms with Gasteiger partial charge in [-0.25, -0.2) is 13.6 Å². The average Bonchev–Trinajstić information content (AvgIpc) is 2.89. The molecule has 0 fully saturated rings. The van der Waals surface area contributed by atoms with Gasteiger partial charge in [0.1, 0.15) is 4.90 Å². The molecule has 0 atom stereocenters. The molecule has 1 amide bonds. The third-order valence-corrected chi connectivity index (χ3v) is 5.31. The van der Waals surface area contributed by atoms with E-state index in [9.17, 15) is 26.4 Å². The number of para-hydroxylation sites is 2. The predicted molar refractivity (Wildman–Crippen MR) is 109 cm³/mol. The van der Waals surface area contributed by atoms with Gasteiger partial charge in [-0.15, -0.1) is 0 Å². The van der Waals surface area contributed by atoms with E-state index in [0.29, 0.717) is 0 Å². The van der Waals surface area contributed by atoms with Gasteiger partial charge in [0.05, 0.1) is 16.9 Å². The number of nitrogens with two attached hydrogens (primary N) is 1. The smallest absolute Gasteiger partial charge is 0.330 e. The lowest BCUT2D eigenvalue weighted by molar-refractivity contribution is -0.137. The zero-order valence-corrected chi connectivity index (χ0v) is 16.8. The number of halogens is 3. The van der Waals surface area contributed by atoms with Crippen LogP contribution in [0.4, 0.5) is 24.5 Å². The Bertz CT molecular complexity index is 1180. The number of amides is 1. The molecule has 1 aliphatic rings. The van der Waals surface area contributed by atoms with Gasteiger partial charge in [0.15, 0.2) is 10.8 Å². The van der Waals surface area contributed by atoms with Gasteiger partial charge in [0.25, 0.3) is 5.91 Å². The van der Waals surface area contributed by atoms with Crippen molar-refractivity contribution in [2.75, 3.05) is 17.3 Å². The summed E-state index contributed by atoms with van der Waals surface area (Å²) in [5.74, 6) is -0.762. The van der Waals surface area contributed by atoms with Crippen molar-refractivity contribution in [3.63, 3.8) is 0 Å². The van der Waals surface area contributed by atoms with Gasteiger partial charge in [-0.1, -0.05) is 24.3 Å². The lowest BCUT2D eigenvalue weighted by Gasteiger charge is -2.16. The number of anilines is 2. The van der Waals surface area contributed by atoms with Gasteiger partial charge in [-0.3, -0.25) is 10.2 Å². The van der Waals surface area contributed by atoms with E-state index >= 15 is 0 Å². The number of carbonyl (C=O) groups excluding carboxylic acids is 1. The largest absolute Gasteiger partial charge is 0.418 e. The molecule has 0 aliphatic carbocycles. The SMILES string of the molecule is CN1C(=O)C(=NNC(=S)Nc2ccccc2S(N)(=O)=O)c2cccc(C(F)(F)F)c21. The Kier molecular flexibility index (Phi) is 5.54. The zero-order valence-electron chi connectivity index (χ0n) is 15.2. The number of hydrogen-bond donors (Lipinski definition) is 3. The number of sulfonamides is 1. The Hall–Kier alpha value is -3.03. The molecule has 0 bridgehead atoms. The first-order valence-electron chi connectivity index (χ1n) is 8.16. The molecule has 0 spiro atoms. The zero-order chi connectivity index (χ0) is 22.3. The maximum absolute atomic E-state index is 13.3. The second-order valence-electron chi connectivity index (χ2n) is 6.13. The summed E-state index contributed by atoms with van der Waals surface area (Å²) in [4.78, 5) is 13.1. The van der Waals surface area contributed by atoms with Gasteiger partial charge in [-0.05, 0) is 30.4 Å². The van der Waals surface area contributed by atoms with E-state index in [1.807, 2.05) is 0 Å². The molecule has 158 valence electrons. The molecule has 1 heterocycles. The Morgan fingerprint density at radius 2 is 1.83 bits per heavy atom. The average molecular weight is 457 g/mol. The van der Waals surface area contributed by atoms with E-state index in [4.69, 9.17) is 17.4 Å². The van der Waals surface area contributed by atoms with Gasteiger partial charge >= 0.3 is 6.18 Å². The molecule has 30 heavy (non-hydrogen) atoms. The quantitative estimate of drug-likeness (QED) is 0.480. The Morgan fingerprint density at radius 1 is 1.17 bits per heavy atom. The molecule has 0 saturated carbocycles. The summed E-state index contributed by atoms with van der Waals surface area (Å²) in [5, 5.41) is 11.3. The van der Waals surface area contributed by atoms with E-state index in [1.165, 1.54) is 43.4 Å². The number of carbonyl (C=O) groups is 1. The highest BCUT2D eigenvalue weighted by Crippen LogP contribution is 2.41. The Balaban J connectivity index is 1.89. The van der Waals surface area contributed by atoms with E-state index < -0.39 is 27.7 Å². The molecule has 0 saturated heterocycles. The monoisotopic (exact) mass is 457 g/mol. The van der Waals surface area contributed by atoms with Crippen LogP contribution in [0.25, 0.3) is 0 Å². The summed E-state index contributed by atoms with van der Waals surface area (Å²) in [5.41, 5.74) is 0.837. The number of alkyl halides is 3. The fraction of sp³-hybridized carbons (Fsp3) is 0.118. The summed E-state index contributed by atoms with van der Waals surface area (Å²) < 4.78 is 63.1. The molecule has 0 unspecified atom stereocenters. The van der Waals surface area contributed by atoms with Crippen LogP contribution in [0.15, 0.2) is 52.5 Å². The fourth-order valence-electron chi connectivity index (χ4n) is 2.88. The molecule has 4 N–H and O–H groups in total. The van der Waals surface area contributed by atoms with E-state index in [2.05, 4.69) is 15.8 Å². The highest BCUT2D eigenvalue weighted by Gasteiger charge is 2.42. The minimum atomic E-state index is -4.66. The van der Waals surface area contributed by atoms with Crippen LogP contribution < -0.4 is 20.8 Å². The predicted octanol–water partition coefficient (Wildman–Crippen LogP) is 2.02. The normalized spacial score (nSPS) is 15.3. The van der Waals surface area contributed by atoms with Crippen molar-refractivity contribution in [1.29, 1.82) is 0 Å². The number of primary sulfonamides is 1. The summed E-state index contributed by atoms with van der Waals surface area (Å²) in [6.07, 6.45) is -4.66. The summed E-state index contributed by atoms with van der Waals surface area (Å²) in [6, 6.07) is 9.04. The molecule has 8 nitrogen and oxygen atoms in total. The molecular weight excluding hydrogens is 443 g/mol. The van der Waals surface area contributed by atoms with Gasteiger partial charge < -0.3 is 10.2 Å². The summed E-state index contributed by atoms with van der Waals surface area (Å²) in [6.45, 7) is 0. The lowest BCUT2D eigenvalue weighted by atomic mass is 10.1. The number of nitrogens with one attached hydrogen (secondary N) is 2. The number of likely N-dealkylation sites (N-methyl/N-ethyl adjacent to an activating group) is 1. The summed E-state index contributed by atoms with van der Waals surface area (Å²) in [7, 11) is -2.83. The lowest BCUT2D eigenvalue weighted by Crippen LogP contribution is -2.31. The van der Waals surface area contributed by atoms with Crippen molar-refractivity contribution in [3.05, 3.63) is 53.6 Å². The molecule has 3 rings (SSSR count). The Morgan fingerprint density at radius 3 is 2.47 bits per heavy atom. The molecule has 13 heteroatoms. The fourth-order valence-corrected chi connectivity index (χ4v) is 3.73. The third-order valence-electron chi connectivity index (χ3n) is 4.15. The van der Waals surface area contributed by atoms with Crippen LogP contribution in [0.3, 0.4) is 0 Å². The molecule has 1 aliphatic heterocycles. The number of hydrogen-bond acceptors (Lipinski definition) is 5. The van der Waals surface area contributed by atoms with Crippen LogP contribution in [-0.2, 0) is 21.0 Å². The maximum Gasteiger partial charge on any atom is 0.418 e. The number of hydrazone groups is 1. The van der Waals surface area contributed by atoms with Crippen LogP contribution in [0.1, 0.15) is 11.1 Å². The van der Waals surface area contributed by atoms with Crippen LogP contribution >= 0.6 is 12.2 Å². The second-order valence-corrected chi connectivity index (χ2v) is 8.07. The number of thiocarbonyl (C=S) groups is 1. The molecule has 2 aromatic carbocycles. The van der Waals surface area contributed by atoms with Gasteiger partial charge in [-0.2, -0.15) is 18.3 Å². The minimum absolute atomic E-state index is 0.0161. The van der Waals surface area contributed by atoms with E-state index in [1.54, 1.807) is 0 Å². The van der Waals surface area contributed by atoms with Crippen molar-refractivity contribution < 1.29 is 26.4 Å². The number of benzene rings is 2. The van der Waals surface area contributed by atoms with Crippen molar-refractivity contribution in [2.24, 2.45) is 10.2 Å². The topological polar surface area (TPSA) is 117 Å². The molecule has 2 aromatic rings. The van der Waals surface area contributed by atoms with Crippen molar-refractivity contribution in [2.45, 2.75) is 11.1 Å². The molecular formula is C17H14F3N5O3S2. The first-order chi connectivity index (χ1) is 13.9. The number of rotatable bonds is 3. The van der Waals surface area contributed by atoms with Crippen LogP contribution in [-0.4, -0.2) is 32.2 Å². The molecule has 0 radical (unpaired) electrons. The van der Waals surface area contributed by atoms with E-state index in [0.717, 1.165) is 11.0 Å². The molecule has 0 aromatic heterocycles. The first kappa shape index (κ1) is 21.7. The van der Waals surface area contributed by atoms with Crippen molar-refractivity contribution >= 4 is 50.3 Å². The first-order valence-corrected chi connectivity index (χ1v) is 10.1. The summed E-state index contributed by atoms with van der Waals surface area (Å²) >= 11 is 5.04. The standard InChI is InChI=1S/C17H14F3N5O3S2/c1-25-14-9(5-4-6-10(14)17(18,19)20)13(15(25)26)23-24-16(29)22-11-7-2-3-8-12(11)30(21,27)28/h2-8H,1H3,(H2,21,27,28)(H2,22,24,29). The number of fused-ring (bicyclic) bond motifs is 1. The van der Waals surface area contributed by atoms with Gasteiger partial charge in [0.2, 0.25) is 10.0 Å².